The minimum atomic E-state index is 0.214. The van der Waals surface area contributed by atoms with Crippen molar-refractivity contribution in [3.05, 3.63) is 60.2 Å². The van der Waals surface area contributed by atoms with Gasteiger partial charge in [-0.15, -0.1) is 0 Å². The molecule has 1 aliphatic heterocycles. The summed E-state index contributed by atoms with van der Waals surface area (Å²) < 4.78 is 5.32. The number of ketones is 1. The average molecular weight is 295 g/mol. The second-order valence-electron chi connectivity index (χ2n) is 5.57. The normalized spacial score (nSPS) is 15.6. The third-order valence-electron chi connectivity index (χ3n) is 4.07. The molecule has 0 saturated carbocycles. The van der Waals surface area contributed by atoms with Crippen molar-refractivity contribution >= 4 is 5.78 Å². The molecule has 0 spiro atoms. The van der Waals surface area contributed by atoms with Gasteiger partial charge in [0, 0.05) is 31.6 Å². The summed E-state index contributed by atoms with van der Waals surface area (Å²) >= 11 is 0. The molecule has 114 valence electrons. The van der Waals surface area contributed by atoms with Crippen molar-refractivity contribution < 1.29 is 9.53 Å². The number of hydrogen-bond acceptors (Lipinski definition) is 3. The third kappa shape index (κ3) is 3.81. The molecule has 0 amide bonds. The highest BCUT2D eigenvalue weighted by molar-refractivity contribution is 5.96. The number of carbonyl (C=O) groups is 1. The van der Waals surface area contributed by atoms with Crippen molar-refractivity contribution in [1.29, 1.82) is 0 Å². The van der Waals surface area contributed by atoms with Gasteiger partial charge in [-0.3, -0.25) is 9.69 Å². The second-order valence-corrected chi connectivity index (χ2v) is 5.57. The SMILES string of the molecule is O=C(CCN1CCOCC1)c1ccc(-c2ccccc2)cc1. The maximum Gasteiger partial charge on any atom is 0.164 e. The van der Waals surface area contributed by atoms with E-state index in [9.17, 15) is 4.79 Å². The van der Waals surface area contributed by atoms with Crippen LogP contribution in [0.5, 0.6) is 0 Å². The molecule has 3 nitrogen and oxygen atoms in total. The van der Waals surface area contributed by atoms with E-state index in [4.69, 9.17) is 4.74 Å². The highest BCUT2D eigenvalue weighted by Gasteiger charge is 2.13. The van der Waals surface area contributed by atoms with E-state index in [0.29, 0.717) is 6.42 Å². The lowest BCUT2D eigenvalue weighted by atomic mass is 10.0. The molecule has 2 aromatic carbocycles. The number of Topliss-reactive ketones (excluding diaryl/α,β-unsaturated/α-hetero) is 1. The van der Waals surface area contributed by atoms with Crippen LogP contribution < -0.4 is 0 Å². The molecule has 0 atom stereocenters. The van der Waals surface area contributed by atoms with Crippen molar-refractivity contribution in [3.8, 4) is 11.1 Å². The quantitative estimate of drug-likeness (QED) is 0.793. The Bertz CT molecular complexity index is 601. The fraction of sp³-hybridized carbons (Fsp3) is 0.316. The molecule has 0 N–H and O–H groups in total. The van der Waals surface area contributed by atoms with Gasteiger partial charge in [0.25, 0.3) is 0 Å². The van der Waals surface area contributed by atoms with Gasteiger partial charge in [0.2, 0.25) is 0 Å². The first-order valence-electron chi connectivity index (χ1n) is 7.82. The van der Waals surface area contributed by atoms with E-state index >= 15 is 0 Å². The Morgan fingerprint density at radius 3 is 2.23 bits per heavy atom. The molecule has 0 aliphatic carbocycles. The Labute approximate surface area is 131 Å². The van der Waals surface area contributed by atoms with Gasteiger partial charge < -0.3 is 4.74 Å². The fourth-order valence-corrected chi connectivity index (χ4v) is 2.71. The van der Waals surface area contributed by atoms with Crippen LogP contribution in [0.3, 0.4) is 0 Å². The number of carbonyl (C=O) groups excluding carboxylic acids is 1. The number of morpholine rings is 1. The van der Waals surface area contributed by atoms with Crippen LogP contribution in [0.25, 0.3) is 11.1 Å². The smallest absolute Gasteiger partial charge is 0.164 e. The molecule has 1 heterocycles. The molecule has 1 saturated heterocycles. The van der Waals surface area contributed by atoms with E-state index < -0.39 is 0 Å². The van der Waals surface area contributed by atoms with Gasteiger partial charge in [0.05, 0.1) is 13.2 Å². The zero-order chi connectivity index (χ0) is 15.2. The molecule has 3 heteroatoms. The van der Waals surface area contributed by atoms with Crippen molar-refractivity contribution in [2.45, 2.75) is 6.42 Å². The molecule has 0 aromatic heterocycles. The molecule has 1 aliphatic rings. The Balaban J connectivity index is 1.59. The molecular weight excluding hydrogens is 274 g/mol. The topological polar surface area (TPSA) is 29.5 Å². The number of nitrogens with zero attached hydrogens (tertiary/aromatic N) is 1. The van der Waals surface area contributed by atoms with Crippen molar-refractivity contribution in [3.63, 3.8) is 0 Å². The summed E-state index contributed by atoms with van der Waals surface area (Å²) in [4.78, 5) is 14.6. The minimum Gasteiger partial charge on any atom is -0.379 e. The Hall–Kier alpha value is -1.97. The summed E-state index contributed by atoms with van der Waals surface area (Å²) in [6.45, 7) is 4.24. The lowest BCUT2D eigenvalue weighted by molar-refractivity contribution is 0.0370. The average Bonchev–Trinajstić information content (AvgIpc) is 2.61. The summed E-state index contributed by atoms with van der Waals surface area (Å²) in [5, 5.41) is 0. The maximum atomic E-state index is 12.3. The number of rotatable bonds is 5. The molecule has 3 rings (SSSR count). The molecule has 2 aromatic rings. The van der Waals surface area contributed by atoms with Crippen LogP contribution in [0.1, 0.15) is 16.8 Å². The van der Waals surface area contributed by atoms with Gasteiger partial charge in [-0.2, -0.15) is 0 Å². The standard InChI is InChI=1S/C19H21NO2/c21-19(10-11-20-12-14-22-15-13-20)18-8-6-17(7-9-18)16-4-2-1-3-5-16/h1-9H,10-15H2. The molecular formula is C19H21NO2. The maximum absolute atomic E-state index is 12.3. The highest BCUT2D eigenvalue weighted by Crippen LogP contribution is 2.19. The lowest BCUT2D eigenvalue weighted by Gasteiger charge is -2.26. The molecule has 22 heavy (non-hydrogen) atoms. The number of hydrogen-bond donors (Lipinski definition) is 0. The lowest BCUT2D eigenvalue weighted by Crippen LogP contribution is -2.37. The largest absolute Gasteiger partial charge is 0.379 e. The second kappa shape index (κ2) is 7.34. The summed E-state index contributed by atoms with van der Waals surface area (Å²) in [6.07, 6.45) is 0.574. The van der Waals surface area contributed by atoms with E-state index in [0.717, 1.165) is 44.0 Å². The van der Waals surface area contributed by atoms with E-state index in [2.05, 4.69) is 17.0 Å². The van der Waals surface area contributed by atoms with Gasteiger partial charge in [0.15, 0.2) is 5.78 Å². The van der Waals surface area contributed by atoms with Gasteiger partial charge >= 0.3 is 0 Å². The van der Waals surface area contributed by atoms with Crippen LogP contribution in [0.15, 0.2) is 54.6 Å². The van der Waals surface area contributed by atoms with E-state index in [1.807, 2.05) is 42.5 Å². The van der Waals surface area contributed by atoms with Crippen LogP contribution in [-0.2, 0) is 4.74 Å². The van der Waals surface area contributed by atoms with Crippen LogP contribution in [0.4, 0.5) is 0 Å². The van der Waals surface area contributed by atoms with Gasteiger partial charge in [-0.1, -0.05) is 54.6 Å². The minimum absolute atomic E-state index is 0.214. The molecule has 1 fully saturated rings. The van der Waals surface area contributed by atoms with Crippen LogP contribution in [-0.4, -0.2) is 43.5 Å². The first-order chi connectivity index (χ1) is 10.8. The van der Waals surface area contributed by atoms with Crippen molar-refractivity contribution in [2.75, 3.05) is 32.8 Å². The van der Waals surface area contributed by atoms with Crippen molar-refractivity contribution in [1.82, 2.24) is 4.90 Å². The number of ether oxygens (including phenoxy) is 1. The third-order valence-corrected chi connectivity index (χ3v) is 4.07. The summed E-state index contributed by atoms with van der Waals surface area (Å²) in [7, 11) is 0. The molecule has 0 radical (unpaired) electrons. The first kappa shape index (κ1) is 14.9. The Kier molecular flexibility index (Phi) is 4.99. The van der Waals surface area contributed by atoms with Gasteiger partial charge in [-0.05, 0) is 11.1 Å². The summed E-state index contributed by atoms with van der Waals surface area (Å²) in [5.74, 6) is 0.214. The monoisotopic (exact) mass is 295 g/mol. The molecule has 0 unspecified atom stereocenters. The number of benzene rings is 2. The van der Waals surface area contributed by atoms with Crippen LogP contribution in [0.2, 0.25) is 0 Å². The van der Waals surface area contributed by atoms with Crippen LogP contribution in [0, 0.1) is 0 Å². The van der Waals surface area contributed by atoms with E-state index in [1.165, 1.54) is 5.56 Å². The Morgan fingerprint density at radius 1 is 0.909 bits per heavy atom. The first-order valence-corrected chi connectivity index (χ1v) is 7.82. The predicted molar refractivity (Wildman–Crippen MR) is 88.1 cm³/mol. The zero-order valence-electron chi connectivity index (χ0n) is 12.7. The highest BCUT2D eigenvalue weighted by atomic mass is 16.5. The van der Waals surface area contributed by atoms with Gasteiger partial charge in [0.1, 0.15) is 0 Å². The van der Waals surface area contributed by atoms with Gasteiger partial charge in [-0.25, -0.2) is 0 Å². The predicted octanol–water partition coefficient (Wildman–Crippen LogP) is 3.26. The Morgan fingerprint density at radius 2 is 1.55 bits per heavy atom. The molecule has 0 bridgehead atoms. The summed E-state index contributed by atoms with van der Waals surface area (Å²) in [5.41, 5.74) is 3.12. The summed E-state index contributed by atoms with van der Waals surface area (Å²) in [6, 6.07) is 18.1. The fourth-order valence-electron chi connectivity index (χ4n) is 2.71. The van der Waals surface area contributed by atoms with E-state index in [1.54, 1.807) is 0 Å². The van der Waals surface area contributed by atoms with Crippen LogP contribution >= 0.6 is 0 Å². The van der Waals surface area contributed by atoms with Crippen molar-refractivity contribution in [2.24, 2.45) is 0 Å². The van der Waals surface area contributed by atoms with E-state index in [-0.39, 0.29) is 5.78 Å². The zero-order valence-corrected chi connectivity index (χ0v) is 12.7.